The summed E-state index contributed by atoms with van der Waals surface area (Å²) in [5.74, 6) is -0.307. The lowest BCUT2D eigenvalue weighted by Crippen LogP contribution is -2.35. The number of aliphatic carboxylic acids is 1. The van der Waals surface area contributed by atoms with Gasteiger partial charge in [0.05, 0.1) is 5.56 Å². The number of hydrogen-bond donors (Lipinski definition) is 3. The van der Waals surface area contributed by atoms with E-state index in [4.69, 9.17) is 23.5 Å². The fraction of sp³-hybridized carbons (Fsp3) is 0.310. The van der Waals surface area contributed by atoms with E-state index >= 15 is 0 Å². The van der Waals surface area contributed by atoms with Crippen molar-refractivity contribution in [3.63, 3.8) is 0 Å². The molecule has 2 fully saturated rings. The Morgan fingerprint density at radius 2 is 1.71 bits per heavy atom. The molecule has 2 atom stereocenters. The summed E-state index contributed by atoms with van der Waals surface area (Å²) in [6.07, 6.45) is 2.50. The molecule has 4 heterocycles. The maximum atomic E-state index is 13.5. The lowest BCUT2D eigenvalue weighted by atomic mass is 9.91. The van der Waals surface area contributed by atoms with Gasteiger partial charge in [-0.2, -0.15) is 14.0 Å². The molecule has 0 radical (unpaired) electrons. The Labute approximate surface area is 320 Å². The third-order valence-corrected chi connectivity index (χ3v) is 10.7. The van der Waals surface area contributed by atoms with Crippen molar-refractivity contribution in [1.82, 2.24) is 25.5 Å². The normalized spacial score (nSPS) is 17.2. The first kappa shape index (κ1) is 36.8. The van der Waals surface area contributed by atoms with Gasteiger partial charge in [-0.15, -0.1) is 0 Å². The maximum Gasteiger partial charge on any atom is 0.387 e. The SMILES string of the molecule is Cc1c(-c2nc3cc(CN4CCC[C@H]4C(=O)O)c(OC(F)F)cc3o2)cccc1-c1cccc(-c2nc3cc(CNCC4CCC(=O)N4)cc(C#N)c3o2)c1C. The number of amides is 1. The fourth-order valence-corrected chi connectivity index (χ4v) is 7.89. The number of nitriles is 1. The molecule has 2 aliphatic rings. The van der Waals surface area contributed by atoms with E-state index in [0.29, 0.717) is 84.0 Å². The van der Waals surface area contributed by atoms with E-state index in [2.05, 4.69) is 16.7 Å². The van der Waals surface area contributed by atoms with Crippen molar-refractivity contribution in [3.05, 3.63) is 88.5 Å². The highest BCUT2D eigenvalue weighted by molar-refractivity contribution is 5.86. The van der Waals surface area contributed by atoms with E-state index in [0.717, 1.165) is 39.8 Å². The number of carboxylic acids is 1. The highest BCUT2D eigenvalue weighted by atomic mass is 19.3. The van der Waals surface area contributed by atoms with Crippen LogP contribution in [0.1, 0.15) is 53.5 Å². The molecule has 0 spiro atoms. The zero-order valence-electron chi connectivity index (χ0n) is 30.7. The monoisotopic (exact) mass is 760 g/mol. The fourth-order valence-electron chi connectivity index (χ4n) is 7.89. The van der Waals surface area contributed by atoms with Gasteiger partial charge < -0.3 is 29.3 Å². The van der Waals surface area contributed by atoms with Crippen molar-refractivity contribution in [2.75, 3.05) is 13.1 Å². The van der Waals surface area contributed by atoms with Crippen LogP contribution < -0.4 is 15.4 Å². The first-order valence-electron chi connectivity index (χ1n) is 18.5. The molecule has 8 rings (SSSR count). The van der Waals surface area contributed by atoms with Gasteiger partial charge in [-0.25, -0.2) is 9.97 Å². The molecule has 3 N–H and O–H groups in total. The third-order valence-electron chi connectivity index (χ3n) is 10.7. The number of likely N-dealkylation sites (tertiary alicyclic amines) is 1. The zero-order valence-corrected chi connectivity index (χ0v) is 30.7. The number of alkyl halides is 2. The number of carbonyl (C=O) groups is 2. The van der Waals surface area contributed by atoms with Crippen molar-refractivity contribution in [2.24, 2.45) is 0 Å². The molecule has 2 aliphatic heterocycles. The number of hydrogen-bond acceptors (Lipinski definition) is 10. The van der Waals surface area contributed by atoms with Gasteiger partial charge in [-0.3, -0.25) is 14.5 Å². The molecule has 2 saturated heterocycles. The minimum absolute atomic E-state index is 0.0637. The van der Waals surface area contributed by atoms with Crippen LogP contribution in [0.3, 0.4) is 0 Å². The first-order chi connectivity index (χ1) is 27.1. The molecule has 4 aromatic carbocycles. The standard InChI is InChI=1S/C42H38F2N6O6/c1-22-28(6-3-8-30(22)39-48-32-16-26(21-50-13-5-10-34(50)41(52)53)35(55-42(43)44)17-36(32)54-39)29-7-4-9-31(23(29)2)40-49-33-15-24(14-25(18-45)38(33)56-40)19-46-20-27-11-12-37(51)47-27/h3-4,6-9,14-17,27,34,42,46H,5,10-13,19-21H2,1-2H3,(H,47,51)(H,52,53)/t27?,34-/m0/s1. The molecule has 1 amide bonds. The molecule has 286 valence electrons. The van der Waals surface area contributed by atoms with Crippen LogP contribution in [0, 0.1) is 25.2 Å². The molecule has 6 aromatic rings. The Kier molecular flexibility index (Phi) is 9.96. The van der Waals surface area contributed by atoms with Crippen LogP contribution in [0.4, 0.5) is 8.78 Å². The molecular formula is C42H38F2N6O6. The Hall–Kier alpha value is -6.17. The van der Waals surface area contributed by atoms with Crippen molar-refractivity contribution in [3.8, 4) is 45.9 Å². The molecule has 0 bridgehead atoms. The van der Waals surface area contributed by atoms with Crippen LogP contribution in [0.25, 0.3) is 56.2 Å². The number of carbonyl (C=O) groups excluding carboxylic acids is 1. The van der Waals surface area contributed by atoms with Crippen molar-refractivity contribution in [2.45, 2.75) is 71.3 Å². The Morgan fingerprint density at radius 3 is 2.38 bits per heavy atom. The minimum Gasteiger partial charge on any atom is -0.480 e. The summed E-state index contributed by atoms with van der Waals surface area (Å²) in [4.78, 5) is 34.7. The summed E-state index contributed by atoms with van der Waals surface area (Å²) in [5, 5.41) is 26.0. The average molecular weight is 761 g/mol. The van der Waals surface area contributed by atoms with Gasteiger partial charge in [0, 0.05) is 54.9 Å². The van der Waals surface area contributed by atoms with E-state index in [1.54, 1.807) is 17.0 Å². The van der Waals surface area contributed by atoms with Crippen molar-refractivity contribution < 1.29 is 37.0 Å². The molecule has 2 aromatic heterocycles. The molecule has 1 unspecified atom stereocenters. The van der Waals surface area contributed by atoms with Gasteiger partial charge in [0.25, 0.3) is 0 Å². The molecular weight excluding hydrogens is 722 g/mol. The number of fused-ring (bicyclic) bond motifs is 2. The number of carboxylic acid groups (broad SMARTS) is 1. The number of nitrogens with zero attached hydrogens (tertiary/aromatic N) is 4. The number of ether oxygens (including phenoxy) is 1. The lowest BCUT2D eigenvalue weighted by molar-refractivity contribution is -0.142. The highest BCUT2D eigenvalue weighted by Crippen LogP contribution is 2.39. The first-order valence-corrected chi connectivity index (χ1v) is 18.5. The van der Waals surface area contributed by atoms with Crippen LogP contribution in [-0.2, 0) is 22.7 Å². The number of rotatable bonds is 12. The smallest absolute Gasteiger partial charge is 0.387 e. The van der Waals surface area contributed by atoms with E-state index < -0.39 is 18.6 Å². The largest absolute Gasteiger partial charge is 0.480 e. The summed E-state index contributed by atoms with van der Waals surface area (Å²) in [6, 6.07) is 19.9. The number of nitrogens with one attached hydrogen (secondary N) is 2. The summed E-state index contributed by atoms with van der Waals surface area (Å²) < 4.78 is 44.3. The Balaban J connectivity index is 1.09. The second-order valence-corrected chi connectivity index (χ2v) is 14.3. The van der Waals surface area contributed by atoms with E-state index in [1.807, 2.05) is 56.3 Å². The van der Waals surface area contributed by atoms with E-state index in [1.165, 1.54) is 6.07 Å². The van der Waals surface area contributed by atoms with Crippen LogP contribution in [0.5, 0.6) is 5.75 Å². The minimum atomic E-state index is -3.08. The number of aromatic nitrogens is 2. The number of halogens is 2. The second kappa shape index (κ2) is 15.2. The number of benzene rings is 4. The van der Waals surface area contributed by atoms with Gasteiger partial charge in [-0.05, 0) is 97.8 Å². The van der Waals surface area contributed by atoms with Crippen molar-refractivity contribution >= 4 is 34.1 Å². The van der Waals surface area contributed by atoms with Gasteiger partial charge in [0.1, 0.15) is 28.9 Å². The third kappa shape index (κ3) is 7.18. The van der Waals surface area contributed by atoms with Crippen molar-refractivity contribution in [1.29, 1.82) is 5.26 Å². The summed E-state index contributed by atoms with van der Waals surface area (Å²) in [7, 11) is 0. The topological polar surface area (TPSA) is 167 Å². The van der Waals surface area contributed by atoms with Crippen LogP contribution in [-0.4, -0.2) is 63.6 Å². The van der Waals surface area contributed by atoms with Crippen LogP contribution >= 0.6 is 0 Å². The Morgan fingerprint density at radius 1 is 1.02 bits per heavy atom. The van der Waals surface area contributed by atoms with Gasteiger partial charge in [0.2, 0.25) is 17.7 Å². The van der Waals surface area contributed by atoms with E-state index in [-0.39, 0.29) is 29.8 Å². The lowest BCUT2D eigenvalue weighted by Gasteiger charge is -2.22. The van der Waals surface area contributed by atoms with E-state index in [9.17, 15) is 28.7 Å². The maximum absolute atomic E-state index is 13.5. The highest BCUT2D eigenvalue weighted by Gasteiger charge is 2.32. The molecule has 12 nitrogen and oxygen atoms in total. The van der Waals surface area contributed by atoms with Crippen LogP contribution in [0.2, 0.25) is 0 Å². The number of oxazole rings is 2. The average Bonchev–Trinajstić information content (AvgIpc) is 3.98. The molecule has 0 aliphatic carbocycles. The van der Waals surface area contributed by atoms with Crippen LogP contribution in [0.15, 0.2) is 69.5 Å². The summed E-state index contributed by atoms with van der Waals surface area (Å²) in [5.41, 5.74) is 8.35. The Bertz CT molecular complexity index is 2540. The molecule has 14 heteroatoms. The predicted molar refractivity (Wildman–Crippen MR) is 203 cm³/mol. The second-order valence-electron chi connectivity index (χ2n) is 14.3. The van der Waals surface area contributed by atoms with Gasteiger partial charge in [0.15, 0.2) is 11.2 Å². The molecule has 0 saturated carbocycles. The van der Waals surface area contributed by atoms with Gasteiger partial charge in [-0.1, -0.05) is 24.3 Å². The molecule has 56 heavy (non-hydrogen) atoms. The predicted octanol–water partition coefficient (Wildman–Crippen LogP) is 7.48. The quantitative estimate of drug-likeness (QED) is 0.113. The summed E-state index contributed by atoms with van der Waals surface area (Å²) in [6.45, 7) is 2.62. The van der Waals surface area contributed by atoms with Gasteiger partial charge >= 0.3 is 12.6 Å². The summed E-state index contributed by atoms with van der Waals surface area (Å²) >= 11 is 0. The zero-order chi connectivity index (χ0) is 39.1.